The Morgan fingerprint density at radius 2 is 2.33 bits per heavy atom. The van der Waals surface area contributed by atoms with Gasteiger partial charge in [-0.05, 0) is 41.1 Å². The van der Waals surface area contributed by atoms with E-state index in [4.69, 9.17) is 16.7 Å². The van der Waals surface area contributed by atoms with Crippen molar-refractivity contribution in [2.24, 2.45) is 0 Å². The van der Waals surface area contributed by atoms with Crippen LogP contribution in [0, 0.1) is 6.92 Å². The van der Waals surface area contributed by atoms with Gasteiger partial charge in [-0.3, -0.25) is 4.79 Å². The average molecular weight is 285 g/mol. The lowest BCUT2D eigenvalue weighted by molar-refractivity contribution is -0.133. The first kappa shape index (κ1) is 12.8. The second kappa shape index (κ2) is 5.36. The Bertz CT molecular complexity index is 587. The van der Waals surface area contributed by atoms with Crippen LogP contribution in [0.15, 0.2) is 23.4 Å². The van der Waals surface area contributed by atoms with Gasteiger partial charge in [0.25, 0.3) is 0 Å². The van der Waals surface area contributed by atoms with E-state index in [2.05, 4.69) is 15.5 Å². The summed E-state index contributed by atoms with van der Waals surface area (Å²) in [5.74, 6) is -1.00. The molecule has 2 aromatic rings. The van der Waals surface area contributed by atoms with Gasteiger partial charge in [0.2, 0.25) is 5.16 Å². The molecule has 0 radical (unpaired) electrons. The summed E-state index contributed by atoms with van der Waals surface area (Å²) in [6.45, 7) is 1.88. The number of hydrogen-bond donors (Lipinski definition) is 1. The Morgan fingerprint density at radius 1 is 1.56 bits per heavy atom. The second-order valence-electron chi connectivity index (χ2n) is 3.49. The number of rotatable bonds is 4. The van der Waals surface area contributed by atoms with Crippen LogP contribution in [-0.4, -0.2) is 37.0 Å². The van der Waals surface area contributed by atoms with E-state index < -0.39 is 5.97 Å². The summed E-state index contributed by atoms with van der Waals surface area (Å²) in [6, 6.07) is 5.32. The first-order chi connectivity index (χ1) is 8.58. The fourth-order valence-electron chi connectivity index (χ4n) is 1.40. The lowest BCUT2D eigenvalue weighted by Gasteiger charge is -2.06. The van der Waals surface area contributed by atoms with Crippen LogP contribution < -0.4 is 0 Å². The van der Waals surface area contributed by atoms with Crippen molar-refractivity contribution < 1.29 is 9.90 Å². The van der Waals surface area contributed by atoms with Crippen LogP contribution in [-0.2, 0) is 4.79 Å². The summed E-state index contributed by atoms with van der Waals surface area (Å²) in [7, 11) is 0. The smallest absolute Gasteiger partial charge is 0.313 e. The number of carboxylic acid groups (broad SMARTS) is 1. The molecule has 8 heteroatoms. The maximum absolute atomic E-state index is 10.5. The Balaban J connectivity index is 2.33. The molecule has 0 aliphatic carbocycles. The lowest BCUT2D eigenvalue weighted by Crippen LogP contribution is -2.04. The first-order valence-corrected chi connectivity index (χ1v) is 6.34. The van der Waals surface area contributed by atoms with Gasteiger partial charge < -0.3 is 5.11 Å². The highest BCUT2D eigenvalue weighted by Crippen LogP contribution is 2.22. The molecule has 1 aromatic heterocycles. The number of tetrazole rings is 1. The maximum atomic E-state index is 10.5. The number of aromatic nitrogens is 4. The molecule has 6 nitrogen and oxygen atoms in total. The average Bonchev–Trinajstić information content (AvgIpc) is 2.74. The molecule has 0 saturated heterocycles. The lowest BCUT2D eigenvalue weighted by atomic mass is 10.2. The minimum Gasteiger partial charge on any atom is -0.481 e. The highest BCUT2D eigenvalue weighted by Gasteiger charge is 2.12. The van der Waals surface area contributed by atoms with Crippen LogP contribution in [0.4, 0.5) is 0 Å². The molecular weight excluding hydrogens is 276 g/mol. The number of thioether (sulfide) groups is 1. The van der Waals surface area contributed by atoms with Crippen LogP contribution in [0.25, 0.3) is 5.69 Å². The van der Waals surface area contributed by atoms with Gasteiger partial charge in [-0.1, -0.05) is 23.4 Å². The van der Waals surface area contributed by atoms with Gasteiger partial charge in [-0.15, -0.1) is 5.10 Å². The van der Waals surface area contributed by atoms with E-state index in [9.17, 15) is 4.79 Å². The second-order valence-corrected chi connectivity index (χ2v) is 4.87. The molecule has 18 heavy (non-hydrogen) atoms. The summed E-state index contributed by atoms with van der Waals surface area (Å²) in [5, 5.41) is 20.9. The number of hydrogen-bond acceptors (Lipinski definition) is 5. The van der Waals surface area contributed by atoms with Crippen LogP contribution in [0.3, 0.4) is 0 Å². The number of carboxylic acids is 1. The number of halogens is 1. The summed E-state index contributed by atoms with van der Waals surface area (Å²) in [4.78, 5) is 10.5. The van der Waals surface area contributed by atoms with E-state index in [1.807, 2.05) is 6.92 Å². The van der Waals surface area contributed by atoms with Crippen LogP contribution >= 0.6 is 23.4 Å². The zero-order valence-electron chi connectivity index (χ0n) is 9.37. The van der Waals surface area contributed by atoms with E-state index in [-0.39, 0.29) is 5.75 Å². The van der Waals surface area contributed by atoms with Crippen molar-refractivity contribution in [1.82, 2.24) is 20.2 Å². The minimum atomic E-state index is -0.914. The van der Waals surface area contributed by atoms with Crippen molar-refractivity contribution in [3.8, 4) is 5.69 Å². The third kappa shape index (κ3) is 2.80. The number of nitrogens with zero attached hydrogens (tertiary/aromatic N) is 4. The Labute approximate surface area is 112 Å². The summed E-state index contributed by atoms with van der Waals surface area (Å²) in [6.07, 6.45) is 0. The number of aliphatic carboxylic acids is 1. The molecular formula is C10H9ClN4O2S. The van der Waals surface area contributed by atoms with Gasteiger partial charge in [0.1, 0.15) is 0 Å². The van der Waals surface area contributed by atoms with E-state index in [0.29, 0.717) is 10.2 Å². The fourth-order valence-corrected chi connectivity index (χ4v) is 2.23. The highest BCUT2D eigenvalue weighted by atomic mass is 35.5. The van der Waals surface area contributed by atoms with Crippen molar-refractivity contribution >= 4 is 29.3 Å². The van der Waals surface area contributed by atoms with Gasteiger partial charge in [-0.25, -0.2) is 0 Å². The molecule has 1 N–H and O–H groups in total. The quantitative estimate of drug-likeness (QED) is 0.862. The van der Waals surface area contributed by atoms with E-state index in [1.54, 1.807) is 18.2 Å². The van der Waals surface area contributed by atoms with Crippen LogP contribution in [0.1, 0.15) is 5.56 Å². The molecule has 0 saturated carbocycles. The SMILES string of the molecule is Cc1cc(Cl)ccc1-n1nnnc1SCC(=O)O. The molecule has 1 heterocycles. The van der Waals surface area contributed by atoms with Crippen molar-refractivity contribution in [1.29, 1.82) is 0 Å². The van der Waals surface area contributed by atoms with Gasteiger partial charge in [0.05, 0.1) is 11.4 Å². The predicted octanol–water partition coefficient (Wildman–Crippen LogP) is 1.80. The predicted molar refractivity (Wildman–Crippen MR) is 67.3 cm³/mol. The molecule has 0 fully saturated rings. The Morgan fingerprint density at radius 3 is 3.00 bits per heavy atom. The van der Waals surface area contributed by atoms with Gasteiger partial charge in [-0.2, -0.15) is 4.68 Å². The third-order valence-electron chi connectivity index (χ3n) is 2.15. The Hall–Kier alpha value is -1.60. The van der Waals surface area contributed by atoms with Crippen molar-refractivity contribution in [3.05, 3.63) is 28.8 Å². The molecule has 1 aromatic carbocycles. The minimum absolute atomic E-state index is 0.0903. The van der Waals surface area contributed by atoms with Crippen LogP contribution in [0.2, 0.25) is 5.02 Å². The van der Waals surface area contributed by atoms with E-state index >= 15 is 0 Å². The molecule has 0 bridgehead atoms. The van der Waals surface area contributed by atoms with Crippen molar-refractivity contribution in [2.75, 3.05) is 5.75 Å². The fraction of sp³-hybridized carbons (Fsp3) is 0.200. The number of benzene rings is 1. The monoisotopic (exact) mass is 284 g/mol. The molecule has 94 valence electrons. The number of carbonyl (C=O) groups is 1. The topological polar surface area (TPSA) is 80.9 Å². The standard InChI is InChI=1S/C10H9ClN4O2S/c1-6-4-7(11)2-3-8(6)15-10(12-13-14-15)18-5-9(16)17/h2-4H,5H2,1H3,(H,16,17). The third-order valence-corrected chi connectivity index (χ3v) is 3.29. The first-order valence-electron chi connectivity index (χ1n) is 4.97. The molecule has 0 aliphatic heterocycles. The maximum Gasteiger partial charge on any atom is 0.313 e. The van der Waals surface area contributed by atoms with Crippen molar-refractivity contribution in [3.63, 3.8) is 0 Å². The molecule has 0 aliphatic rings. The van der Waals surface area contributed by atoms with Gasteiger partial charge in [0.15, 0.2) is 0 Å². The van der Waals surface area contributed by atoms with Crippen LogP contribution in [0.5, 0.6) is 0 Å². The highest BCUT2D eigenvalue weighted by molar-refractivity contribution is 7.99. The zero-order chi connectivity index (χ0) is 13.1. The summed E-state index contributed by atoms with van der Waals surface area (Å²) < 4.78 is 1.50. The molecule has 0 amide bonds. The van der Waals surface area contributed by atoms with Crippen molar-refractivity contribution in [2.45, 2.75) is 12.1 Å². The largest absolute Gasteiger partial charge is 0.481 e. The van der Waals surface area contributed by atoms with Gasteiger partial charge >= 0.3 is 5.97 Å². The molecule has 0 atom stereocenters. The Kier molecular flexibility index (Phi) is 3.83. The van der Waals surface area contributed by atoms with E-state index in [1.165, 1.54) is 4.68 Å². The molecule has 0 unspecified atom stereocenters. The summed E-state index contributed by atoms with van der Waals surface area (Å²) in [5.41, 5.74) is 1.68. The normalized spacial score (nSPS) is 10.6. The molecule has 0 spiro atoms. The van der Waals surface area contributed by atoms with E-state index in [0.717, 1.165) is 23.0 Å². The molecule has 2 rings (SSSR count). The van der Waals surface area contributed by atoms with Gasteiger partial charge in [0, 0.05) is 5.02 Å². The zero-order valence-corrected chi connectivity index (χ0v) is 10.9. The number of aryl methyl sites for hydroxylation is 1. The summed E-state index contributed by atoms with van der Waals surface area (Å²) >= 11 is 6.94.